The van der Waals surface area contributed by atoms with Gasteiger partial charge in [0.2, 0.25) is 5.91 Å². The highest BCUT2D eigenvalue weighted by molar-refractivity contribution is 5.78. The van der Waals surface area contributed by atoms with E-state index < -0.39 is 6.10 Å². The van der Waals surface area contributed by atoms with Crippen molar-refractivity contribution in [3.8, 4) is 11.5 Å². The highest BCUT2D eigenvalue weighted by atomic mass is 16.6. The van der Waals surface area contributed by atoms with E-state index in [-0.39, 0.29) is 24.2 Å². The molecule has 1 amide bonds. The lowest BCUT2D eigenvalue weighted by atomic mass is 9.89. The maximum atomic E-state index is 11.3. The van der Waals surface area contributed by atoms with Crippen LogP contribution in [0.15, 0.2) is 12.1 Å². The SMILES string of the molecule is Cc1cc2c(cc1C)OC(C(O)CN1CCC3(CC1)CNC(=O)CO3)CO2. The van der Waals surface area contributed by atoms with Gasteiger partial charge in [-0.1, -0.05) is 0 Å². The van der Waals surface area contributed by atoms with E-state index in [0.29, 0.717) is 25.4 Å². The van der Waals surface area contributed by atoms with Crippen LogP contribution in [0.4, 0.5) is 0 Å². The molecule has 4 rings (SSSR count). The maximum Gasteiger partial charge on any atom is 0.246 e. The van der Waals surface area contributed by atoms with Gasteiger partial charge in [-0.2, -0.15) is 0 Å². The van der Waals surface area contributed by atoms with E-state index in [9.17, 15) is 9.90 Å². The normalized spacial score (nSPS) is 25.9. The quantitative estimate of drug-likeness (QED) is 0.812. The van der Waals surface area contributed by atoms with Crippen LogP contribution in [0.5, 0.6) is 11.5 Å². The first-order valence-corrected chi connectivity index (χ1v) is 9.66. The number of ether oxygens (including phenoxy) is 3. The second-order valence-electron chi connectivity index (χ2n) is 7.97. The van der Waals surface area contributed by atoms with Gasteiger partial charge in [0.05, 0.1) is 5.60 Å². The highest BCUT2D eigenvalue weighted by Crippen LogP contribution is 2.35. The predicted octanol–water partition coefficient (Wildman–Crippen LogP) is 0.785. The minimum absolute atomic E-state index is 0.0429. The summed E-state index contributed by atoms with van der Waals surface area (Å²) < 4.78 is 17.6. The maximum absolute atomic E-state index is 11.3. The number of likely N-dealkylation sites (tertiary alicyclic amines) is 1. The number of piperidine rings is 1. The number of aliphatic hydroxyl groups is 1. The lowest BCUT2D eigenvalue weighted by molar-refractivity contribution is -0.151. The second kappa shape index (κ2) is 7.30. The summed E-state index contributed by atoms with van der Waals surface area (Å²) in [4.78, 5) is 13.5. The van der Waals surface area contributed by atoms with Crippen molar-refractivity contribution in [1.29, 1.82) is 0 Å². The number of amides is 1. The van der Waals surface area contributed by atoms with Crippen molar-refractivity contribution in [2.24, 2.45) is 0 Å². The minimum Gasteiger partial charge on any atom is -0.486 e. The summed E-state index contributed by atoms with van der Waals surface area (Å²) in [7, 11) is 0. The van der Waals surface area contributed by atoms with Crippen LogP contribution in [0, 0.1) is 13.8 Å². The standard InChI is InChI=1S/C20H28N2O5/c1-13-7-16-17(8-14(13)2)27-18(10-25-16)15(23)9-22-5-3-20(4-6-22)12-21-19(24)11-26-20/h7-8,15,18,23H,3-6,9-12H2,1-2H3,(H,21,24). The largest absolute Gasteiger partial charge is 0.486 e. The molecule has 27 heavy (non-hydrogen) atoms. The smallest absolute Gasteiger partial charge is 0.246 e. The molecule has 7 nitrogen and oxygen atoms in total. The molecule has 2 saturated heterocycles. The van der Waals surface area contributed by atoms with Gasteiger partial charge in [0, 0.05) is 26.2 Å². The fourth-order valence-corrected chi connectivity index (χ4v) is 3.95. The van der Waals surface area contributed by atoms with Gasteiger partial charge in [-0.05, 0) is 49.9 Å². The number of benzene rings is 1. The number of nitrogens with zero attached hydrogens (tertiary/aromatic N) is 1. The third-order valence-corrected chi connectivity index (χ3v) is 6.00. The van der Waals surface area contributed by atoms with Crippen LogP contribution < -0.4 is 14.8 Å². The van der Waals surface area contributed by atoms with Crippen LogP contribution in [0.2, 0.25) is 0 Å². The summed E-state index contributed by atoms with van der Waals surface area (Å²) in [5, 5.41) is 13.6. The Bertz CT molecular complexity index is 703. The van der Waals surface area contributed by atoms with Gasteiger partial charge in [-0.3, -0.25) is 4.79 Å². The summed E-state index contributed by atoms with van der Waals surface area (Å²) in [5.74, 6) is 1.41. The lowest BCUT2D eigenvalue weighted by Gasteiger charge is -2.44. The highest BCUT2D eigenvalue weighted by Gasteiger charge is 2.40. The Kier molecular flexibility index (Phi) is 5.01. The number of carbonyl (C=O) groups is 1. The van der Waals surface area contributed by atoms with Crippen molar-refractivity contribution in [3.05, 3.63) is 23.3 Å². The summed E-state index contributed by atoms with van der Waals surface area (Å²) in [5.41, 5.74) is 2.07. The zero-order valence-corrected chi connectivity index (χ0v) is 16.0. The third kappa shape index (κ3) is 3.90. The summed E-state index contributed by atoms with van der Waals surface area (Å²) in [6, 6.07) is 3.96. The van der Waals surface area contributed by atoms with Crippen LogP contribution >= 0.6 is 0 Å². The third-order valence-electron chi connectivity index (χ3n) is 6.00. The molecule has 3 aliphatic rings. The fourth-order valence-electron chi connectivity index (χ4n) is 3.95. The number of aryl methyl sites for hydroxylation is 2. The lowest BCUT2D eigenvalue weighted by Crippen LogP contribution is -2.58. The predicted molar refractivity (Wildman–Crippen MR) is 99.2 cm³/mol. The number of morpholine rings is 1. The van der Waals surface area contributed by atoms with Gasteiger partial charge < -0.3 is 29.5 Å². The zero-order chi connectivity index (χ0) is 19.0. The molecular formula is C20H28N2O5. The van der Waals surface area contributed by atoms with Crippen LogP contribution in [0.3, 0.4) is 0 Å². The van der Waals surface area contributed by atoms with Gasteiger partial charge in [0.1, 0.15) is 19.3 Å². The first-order valence-electron chi connectivity index (χ1n) is 9.66. The molecule has 2 unspecified atom stereocenters. The Morgan fingerprint density at radius 2 is 1.96 bits per heavy atom. The van der Waals surface area contributed by atoms with Gasteiger partial charge in [0.25, 0.3) is 0 Å². The molecule has 2 fully saturated rings. The molecule has 2 atom stereocenters. The average molecular weight is 376 g/mol. The van der Waals surface area contributed by atoms with E-state index in [1.54, 1.807) is 0 Å². The van der Waals surface area contributed by atoms with Crippen LogP contribution in [0.1, 0.15) is 24.0 Å². The topological polar surface area (TPSA) is 80.3 Å². The molecule has 1 aromatic carbocycles. The molecular weight excluding hydrogens is 348 g/mol. The fraction of sp³-hybridized carbons (Fsp3) is 0.650. The zero-order valence-electron chi connectivity index (χ0n) is 16.0. The molecule has 0 aliphatic carbocycles. The molecule has 0 saturated carbocycles. The molecule has 148 valence electrons. The Labute approximate surface area is 159 Å². The molecule has 0 bridgehead atoms. The van der Waals surface area contributed by atoms with Gasteiger partial charge in [0.15, 0.2) is 17.6 Å². The van der Waals surface area contributed by atoms with Crippen molar-refractivity contribution < 1.29 is 24.1 Å². The number of carbonyl (C=O) groups excluding carboxylic acids is 1. The molecule has 0 radical (unpaired) electrons. The van der Waals surface area contributed by atoms with E-state index in [4.69, 9.17) is 14.2 Å². The monoisotopic (exact) mass is 376 g/mol. The Morgan fingerprint density at radius 3 is 2.63 bits per heavy atom. The van der Waals surface area contributed by atoms with Crippen LogP contribution in [-0.4, -0.2) is 73.1 Å². The number of aliphatic hydroxyl groups excluding tert-OH is 1. The van der Waals surface area contributed by atoms with Crippen molar-refractivity contribution in [2.75, 3.05) is 39.4 Å². The summed E-state index contributed by atoms with van der Waals surface area (Å²) in [6.07, 6.45) is 0.702. The first kappa shape index (κ1) is 18.5. The molecule has 7 heteroatoms. The van der Waals surface area contributed by atoms with Crippen molar-refractivity contribution in [2.45, 2.75) is 44.5 Å². The minimum atomic E-state index is -0.624. The number of fused-ring (bicyclic) bond motifs is 1. The van der Waals surface area contributed by atoms with Crippen molar-refractivity contribution in [1.82, 2.24) is 10.2 Å². The number of nitrogens with one attached hydrogen (secondary N) is 1. The molecule has 1 aromatic rings. The second-order valence-corrected chi connectivity index (χ2v) is 7.97. The van der Waals surface area contributed by atoms with Gasteiger partial charge in [-0.25, -0.2) is 0 Å². The molecule has 0 aromatic heterocycles. The Morgan fingerprint density at radius 1 is 1.26 bits per heavy atom. The van der Waals surface area contributed by atoms with E-state index in [0.717, 1.165) is 37.2 Å². The van der Waals surface area contributed by atoms with Crippen LogP contribution in [0.25, 0.3) is 0 Å². The number of hydrogen-bond donors (Lipinski definition) is 2. The van der Waals surface area contributed by atoms with Crippen LogP contribution in [-0.2, 0) is 9.53 Å². The van der Waals surface area contributed by atoms with E-state index in [2.05, 4.69) is 10.2 Å². The van der Waals surface area contributed by atoms with E-state index >= 15 is 0 Å². The molecule has 2 N–H and O–H groups in total. The first-order chi connectivity index (χ1) is 12.9. The van der Waals surface area contributed by atoms with E-state index in [1.165, 1.54) is 5.56 Å². The summed E-state index contributed by atoms with van der Waals surface area (Å²) in [6.45, 7) is 7.36. The van der Waals surface area contributed by atoms with Gasteiger partial charge in [-0.15, -0.1) is 0 Å². The van der Waals surface area contributed by atoms with Crippen molar-refractivity contribution in [3.63, 3.8) is 0 Å². The Balaban J connectivity index is 1.30. The average Bonchev–Trinajstić information content (AvgIpc) is 2.67. The number of rotatable bonds is 3. The molecule has 1 spiro atoms. The number of β-amino-alcohol motifs (C(OH)–C–C–N with tert-alkyl or cyclic N) is 1. The summed E-state index contributed by atoms with van der Waals surface area (Å²) >= 11 is 0. The Hall–Kier alpha value is -1.83. The molecule has 3 heterocycles. The van der Waals surface area contributed by atoms with Gasteiger partial charge >= 0.3 is 0 Å². The molecule has 3 aliphatic heterocycles. The van der Waals surface area contributed by atoms with Crippen molar-refractivity contribution >= 4 is 5.91 Å². The van der Waals surface area contributed by atoms with E-state index in [1.807, 2.05) is 26.0 Å². The number of hydrogen-bond acceptors (Lipinski definition) is 6.